The Hall–Kier alpha value is -1.71. The molecule has 0 bridgehead atoms. The summed E-state index contributed by atoms with van der Waals surface area (Å²) in [5.74, 6) is 0.0606. The van der Waals surface area contributed by atoms with Gasteiger partial charge in [0.2, 0.25) is 0 Å². The molecule has 0 aromatic heterocycles. The number of rotatable bonds is 5. The predicted octanol–water partition coefficient (Wildman–Crippen LogP) is 3.00. The first-order valence-corrected chi connectivity index (χ1v) is 6.30. The van der Waals surface area contributed by atoms with Crippen LogP contribution in [0.25, 0.3) is 0 Å². The zero-order valence-electron chi connectivity index (χ0n) is 12.6. The maximum absolute atomic E-state index is 11.0. The van der Waals surface area contributed by atoms with Crippen molar-refractivity contribution >= 4 is 11.7 Å². The molecule has 0 unspecified atom stereocenters. The van der Waals surface area contributed by atoms with Gasteiger partial charge in [-0.15, -0.1) is 0 Å². The summed E-state index contributed by atoms with van der Waals surface area (Å²) in [7, 11) is 3.58. The molecular weight excluding hydrogens is 242 g/mol. The van der Waals surface area contributed by atoms with Gasteiger partial charge in [0.15, 0.2) is 0 Å². The lowest BCUT2D eigenvalue weighted by atomic mass is 9.96. The highest BCUT2D eigenvalue weighted by molar-refractivity contribution is 5.70. The SMILES string of the molecule is COc1ccc(N(C)C(C)(C)CC(=O)O)c(C)c1C. The quantitative estimate of drug-likeness (QED) is 0.889. The summed E-state index contributed by atoms with van der Waals surface area (Å²) in [6, 6.07) is 3.90. The number of hydrogen-bond donors (Lipinski definition) is 1. The van der Waals surface area contributed by atoms with Crippen LogP contribution in [0.15, 0.2) is 12.1 Å². The van der Waals surface area contributed by atoms with Crippen LogP contribution < -0.4 is 9.64 Å². The molecule has 4 nitrogen and oxygen atoms in total. The molecule has 0 fully saturated rings. The average molecular weight is 265 g/mol. The van der Waals surface area contributed by atoms with Crippen molar-refractivity contribution < 1.29 is 14.6 Å². The summed E-state index contributed by atoms with van der Waals surface area (Å²) in [6.07, 6.45) is 0.0913. The van der Waals surface area contributed by atoms with E-state index in [0.29, 0.717) is 0 Å². The van der Waals surface area contributed by atoms with Crippen molar-refractivity contribution in [3.8, 4) is 5.75 Å². The molecule has 0 aliphatic carbocycles. The number of carboxylic acid groups (broad SMARTS) is 1. The van der Waals surface area contributed by atoms with Gasteiger partial charge >= 0.3 is 5.97 Å². The molecule has 4 heteroatoms. The monoisotopic (exact) mass is 265 g/mol. The van der Waals surface area contributed by atoms with Crippen LogP contribution in [0.2, 0.25) is 0 Å². The van der Waals surface area contributed by atoms with E-state index in [1.807, 2.05) is 51.8 Å². The highest BCUT2D eigenvalue weighted by atomic mass is 16.5. The largest absolute Gasteiger partial charge is 0.496 e. The van der Waals surface area contributed by atoms with E-state index in [1.165, 1.54) is 0 Å². The zero-order valence-corrected chi connectivity index (χ0v) is 12.6. The Labute approximate surface area is 115 Å². The summed E-state index contributed by atoms with van der Waals surface area (Å²) in [4.78, 5) is 13.0. The van der Waals surface area contributed by atoms with Gasteiger partial charge in [0.25, 0.3) is 0 Å². The summed E-state index contributed by atoms with van der Waals surface area (Å²) >= 11 is 0. The van der Waals surface area contributed by atoms with Gasteiger partial charge < -0.3 is 14.7 Å². The molecule has 1 aromatic carbocycles. The van der Waals surface area contributed by atoms with Crippen molar-refractivity contribution in [3.05, 3.63) is 23.3 Å². The minimum Gasteiger partial charge on any atom is -0.496 e. The van der Waals surface area contributed by atoms with Crippen LogP contribution in [0, 0.1) is 13.8 Å². The van der Waals surface area contributed by atoms with Crippen LogP contribution >= 0.6 is 0 Å². The second-order valence-electron chi connectivity index (χ2n) is 5.48. The molecule has 0 aliphatic rings. The predicted molar refractivity (Wildman–Crippen MR) is 77.2 cm³/mol. The average Bonchev–Trinajstić information content (AvgIpc) is 2.30. The van der Waals surface area contributed by atoms with Crippen molar-refractivity contribution in [2.24, 2.45) is 0 Å². The van der Waals surface area contributed by atoms with Gasteiger partial charge in [0.05, 0.1) is 13.5 Å². The molecule has 0 aliphatic heterocycles. The van der Waals surface area contributed by atoms with Crippen LogP contribution in [0.5, 0.6) is 5.75 Å². The van der Waals surface area contributed by atoms with Gasteiger partial charge in [-0.05, 0) is 51.0 Å². The highest BCUT2D eigenvalue weighted by Crippen LogP contribution is 2.33. The number of hydrogen-bond acceptors (Lipinski definition) is 3. The Morgan fingerprint density at radius 2 is 1.89 bits per heavy atom. The molecule has 19 heavy (non-hydrogen) atoms. The van der Waals surface area contributed by atoms with Crippen molar-refractivity contribution in [2.75, 3.05) is 19.1 Å². The maximum Gasteiger partial charge on any atom is 0.305 e. The molecule has 0 saturated heterocycles. The standard InChI is InChI=1S/C15H23NO3/c1-10-11(2)13(19-6)8-7-12(10)16(5)15(3,4)9-14(17)18/h7-8H,9H2,1-6H3,(H,17,18). The molecule has 1 rings (SSSR count). The third-order valence-electron chi connectivity index (χ3n) is 3.78. The first-order chi connectivity index (χ1) is 8.70. The number of carbonyl (C=O) groups is 1. The van der Waals surface area contributed by atoms with E-state index < -0.39 is 11.5 Å². The van der Waals surface area contributed by atoms with E-state index >= 15 is 0 Å². The molecular formula is C15H23NO3. The van der Waals surface area contributed by atoms with Gasteiger partial charge in [-0.3, -0.25) is 4.79 Å². The van der Waals surface area contributed by atoms with Crippen molar-refractivity contribution in [1.29, 1.82) is 0 Å². The molecule has 0 spiro atoms. The van der Waals surface area contributed by atoms with Gasteiger partial charge in [0.1, 0.15) is 5.75 Å². The molecule has 0 amide bonds. The molecule has 1 aromatic rings. The van der Waals surface area contributed by atoms with Crippen molar-refractivity contribution in [3.63, 3.8) is 0 Å². The normalized spacial score (nSPS) is 11.3. The molecule has 0 atom stereocenters. The fraction of sp³-hybridized carbons (Fsp3) is 0.533. The molecule has 106 valence electrons. The first kappa shape index (κ1) is 15.3. The number of anilines is 1. The lowest BCUT2D eigenvalue weighted by Crippen LogP contribution is -2.43. The number of carboxylic acids is 1. The van der Waals surface area contributed by atoms with Crippen molar-refractivity contribution in [2.45, 2.75) is 39.7 Å². The molecule has 0 radical (unpaired) electrons. The minimum absolute atomic E-state index is 0.0913. The molecule has 0 heterocycles. The van der Waals surface area contributed by atoms with Gasteiger partial charge in [-0.25, -0.2) is 0 Å². The summed E-state index contributed by atoms with van der Waals surface area (Å²) in [5.41, 5.74) is 2.78. The first-order valence-electron chi connectivity index (χ1n) is 6.30. The van der Waals surface area contributed by atoms with E-state index in [4.69, 9.17) is 9.84 Å². The lowest BCUT2D eigenvalue weighted by molar-refractivity contribution is -0.138. The maximum atomic E-state index is 11.0. The summed E-state index contributed by atoms with van der Waals surface area (Å²) in [5, 5.41) is 9.00. The Kier molecular flexibility index (Phi) is 4.45. The van der Waals surface area contributed by atoms with Crippen LogP contribution in [-0.4, -0.2) is 30.8 Å². The Bertz CT molecular complexity index is 481. The van der Waals surface area contributed by atoms with Gasteiger partial charge in [-0.2, -0.15) is 0 Å². The number of ether oxygens (including phenoxy) is 1. The topological polar surface area (TPSA) is 49.8 Å². The molecule has 0 saturated carbocycles. The lowest BCUT2D eigenvalue weighted by Gasteiger charge is -2.37. The number of benzene rings is 1. The Morgan fingerprint density at radius 3 is 2.37 bits per heavy atom. The van der Waals surface area contributed by atoms with Crippen LogP contribution in [0.3, 0.4) is 0 Å². The summed E-state index contributed by atoms with van der Waals surface area (Å²) in [6.45, 7) is 7.90. The molecule has 1 N–H and O–H groups in total. The fourth-order valence-electron chi connectivity index (χ4n) is 2.18. The van der Waals surface area contributed by atoms with Crippen LogP contribution in [0.1, 0.15) is 31.4 Å². The van der Waals surface area contributed by atoms with E-state index in [9.17, 15) is 4.79 Å². The number of nitrogens with zero attached hydrogens (tertiary/aromatic N) is 1. The van der Waals surface area contributed by atoms with E-state index in [1.54, 1.807) is 7.11 Å². The number of aliphatic carboxylic acids is 1. The number of methoxy groups -OCH3 is 1. The minimum atomic E-state index is -0.792. The van der Waals surface area contributed by atoms with Gasteiger partial charge in [0, 0.05) is 18.3 Å². The Balaban J connectivity index is 3.16. The van der Waals surface area contributed by atoms with E-state index in [-0.39, 0.29) is 6.42 Å². The third-order valence-corrected chi connectivity index (χ3v) is 3.78. The van der Waals surface area contributed by atoms with Crippen LogP contribution in [-0.2, 0) is 4.79 Å². The zero-order chi connectivity index (χ0) is 14.8. The highest BCUT2D eigenvalue weighted by Gasteiger charge is 2.28. The van der Waals surface area contributed by atoms with Crippen molar-refractivity contribution in [1.82, 2.24) is 0 Å². The van der Waals surface area contributed by atoms with Crippen LogP contribution in [0.4, 0.5) is 5.69 Å². The van der Waals surface area contributed by atoms with E-state index in [2.05, 4.69) is 0 Å². The smallest absolute Gasteiger partial charge is 0.305 e. The van der Waals surface area contributed by atoms with Gasteiger partial charge in [-0.1, -0.05) is 0 Å². The van der Waals surface area contributed by atoms with E-state index in [0.717, 1.165) is 22.6 Å². The second-order valence-corrected chi connectivity index (χ2v) is 5.48. The summed E-state index contributed by atoms with van der Waals surface area (Å²) < 4.78 is 5.30. The Morgan fingerprint density at radius 1 is 1.32 bits per heavy atom. The second kappa shape index (κ2) is 5.51. The fourth-order valence-corrected chi connectivity index (χ4v) is 2.18. The third kappa shape index (κ3) is 3.19.